The lowest BCUT2D eigenvalue weighted by Gasteiger charge is -2.22. The number of amides is 1. The Labute approximate surface area is 179 Å². The normalized spacial score (nSPS) is 14.5. The minimum atomic E-state index is -3.42. The summed E-state index contributed by atoms with van der Waals surface area (Å²) in [5, 5.41) is 3.12. The average Bonchev–Trinajstić information content (AvgIpc) is 2.74. The van der Waals surface area contributed by atoms with Crippen LogP contribution in [0.5, 0.6) is 0 Å². The lowest BCUT2D eigenvalue weighted by molar-refractivity contribution is 0.0935. The molecule has 5 nitrogen and oxygen atoms in total. The van der Waals surface area contributed by atoms with Crippen molar-refractivity contribution >= 4 is 21.6 Å². The van der Waals surface area contributed by atoms with Gasteiger partial charge in [0.15, 0.2) is 0 Å². The monoisotopic (exact) mass is 426 g/mol. The van der Waals surface area contributed by atoms with Gasteiger partial charge in [0.2, 0.25) is 10.0 Å². The first-order valence-electron chi connectivity index (χ1n) is 10.4. The van der Waals surface area contributed by atoms with E-state index in [1.165, 1.54) is 34.3 Å². The number of sulfonamides is 1. The fourth-order valence-electron chi connectivity index (χ4n) is 3.96. The molecule has 0 bridgehead atoms. The number of nitrogens with zero attached hydrogens (tertiary/aromatic N) is 1. The maximum Gasteiger partial charge on any atom is 0.251 e. The summed E-state index contributed by atoms with van der Waals surface area (Å²) in [6.45, 7) is 5.86. The second-order valence-corrected chi connectivity index (χ2v) is 9.71. The fraction of sp³-hybridized carbons (Fsp3) is 0.375. The van der Waals surface area contributed by atoms with Crippen molar-refractivity contribution in [3.05, 3.63) is 77.4 Å². The molecule has 0 aliphatic heterocycles. The van der Waals surface area contributed by atoms with Crippen molar-refractivity contribution in [3.63, 3.8) is 0 Å². The first-order chi connectivity index (χ1) is 14.3. The Hall–Kier alpha value is -2.60. The zero-order valence-corrected chi connectivity index (χ0v) is 18.5. The molecule has 2 aromatic carbocycles. The maximum atomic E-state index is 12.8. The number of nitrogens with one attached hydrogen (secondary N) is 1. The van der Waals surface area contributed by atoms with Gasteiger partial charge in [-0.15, -0.1) is 6.58 Å². The van der Waals surface area contributed by atoms with Crippen molar-refractivity contribution < 1.29 is 13.2 Å². The predicted molar refractivity (Wildman–Crippen MR) is 122 cm³/mol. The van der Waals surface area contributed by atoms with Crippen molar-refractivity contribution in [3.8, 4) is 0 Å². The third-order valence-electron chi connectivity index (χ3n) is 5.60. The minimum absolute atomic E-state index is 0.0577. The summed E-state index contributed by atoms with van der Waals surface area (Å²) < 4.78 is 25.2. The highest BCUT2D eigenvalue weighted by atomic mass is 32.2. The van der Waals surface area contributed by atoms with Crippen LogP contribution in [0.15, 0.2) is 55.1 Å². The van der Waals surface area contributed by atoms with Crippen LogP contribution < -0.4 is 9.62 Å². The van der Waals surface area contributed by atoms with Crippen LogP contribution >= 0.6 is 0 Å². The Morgan fingerprint density at radius 2 is 1.80 bits per heavy atom. The number of hydrogen-bond donors (Lipinski definition) is 1. The van der Waals surface area contributed by atoms with E-state index in [2.05, 4.69) is 37.0 Å². The van der Waals surface area contributed by atoms with E-state index in [0.29, 0.717) is 11.3 Å². The van der Waals surface area contributed by atoms with Crippen molar-refractivity contribution in [1.82, 2.24) is 5.32 Å². The summed E-state index contributed by atoms with van der Waals surface area (Å²) in [6.07, 6.45) is 8.21. The molecule has 160 valence electrons. The van der Waals surface area contributed by atoms with Gasteiger partial charge in [-0.3, -0.25) is 9.10 Å². The lowest BCUT2D eigenvalue weighted by atomic mass is 9.88. The molecule has 0 fully saturated rings. The molecular formula is C24H30N2O3S. The number of anilines is 1. The molecule has 0 aromatic heterocycles. The maximum absolute atomic E-state index is 12.8. The zero-order chi connectivity index (χ0) is 21.7. The third kappa shape index (κ3) is 5.11. The van der Waals surface area contributed by atoms with Gasteiger partial charge in [0.25, 0.3) is 5.91 Å². The van der Waals surface area contributed by atoms with Crippen LogP contribution in [0, 0.1) is 0 Å². The van der Waals surface area contributed by atoms with E-state index >= 15 is 0 Å². The van der Waals surface area contributed by atoms with Gasteiger partial charge in [0, 0.05) is 5.56 Å². The Balaban J connectivity index is 1.75. The second kappa shape index (κ2) is 9.47. The number of hydrogen-bond acceptors (Lipinski definition) is 3. The summed E-state index contributed by atoms with van der Waals surface area (Å²) in [5.74, 6) is -0.166. The van der Waals surface area contributed by atoms with Crippen molar-refractivity contribution in [2.24, 2.45) is 0 Å². The number of benzene rings is 2. The summed E-state index contributed by atoms with van der Waals surface area (Å²) in [5.41, 5.74) is 4.98. The van der Waals surface area contributed by atoms with Gasteiger partial charge >= 0.3 is 0 Å². The van der Waals surface area contributed by atoms with Crippen molar-refractivity contribution in [1.29, 1.82) is 0 Å². The highest BCUT2D eigenvalue weighted by Crippen LogP contribution is 2.26. The summed E-state index contributed by atoms with van der Waals surface area (Å²) in [7, 11) is -3.42. The largest absolute Gasteiger partial charge is 0.345 e. The van der Waals surface area contributed by atoms with Crippen LogP contribution in [0.2, 0.25) is 0 Å². The number of fused-ring (bicyclic) bond motifs is 1. The summed E-state index contributed by atoms with van der Waals surface area (Å²) in [4.78, 5) is 12.8. The average molecular weight is 427 g/mol. The van der Waals surface area contributed by atoms with Gasteiger partial charge in [-0.05, 0) is 73.1 Å². The molecule has 2 aromatic rings. The number of aryl methyl sites for hydroxylation is 2. The molecule has 0 saturated heterocycles. The molecule has 0 heterocycles. The van der Waals surface area contributed by atoms with E-state index in [1.807, 2.05) is 0 Å². The van der Waals surface area contributed by atoms with Gasteiger partial charge in [-0.25, -0.2) is 8.42 Å². The molecule has 0 saturated carbocycles. The SMILES string of the molecule is C=CCN(c1ccc(C(=O)N[C@@H](CC)c2ccc3c(c2)CCCC3)cc1)S(C)(=O)=O. The van der Waals surface area contributed by atoms with E-state index in [1.54, 1.807) is 24.3 Å². The summed E-state index contributed by atoms with van der Waals surface area (Å²) >= 11 is 0. The van der Waals surface area contributed by atoms with E-state index in [0.717, 1.165) is 31.1 Å². The van der Waals surface area contributed by atoms with E-state index in [9.17, 15) is 13.2 Å². The second-order valence-electron chi connectivity index (χ2n) is 7.80. The van der Waals surface area contributed by atoms with Crippen molar-refractivity contribution in [2.45, 2.75) is 45.1 Å². The van der Waals surface area contributed by atoms with Gasteiger partial charge in [-0.1, -0.05) is 31.2 Å². The van der Waals surface area contributed by atoms with Crippen LogP contribution in [-0.4, -0.2) is 27.1 Å². The van der Waals surface area contributed by atoms with Crippen LogP contribution in [0.4, 0.5) is 5.69 Å². The van der Waals surface area contributed by atoms with Gasteiger partial charge in [0.05, 0.1) is 24.5 Å². The molecule has 0 radical (unpaired) electrons. The first-order valence-corrected chi connectivity index (χ1v) is 12.3. The van der Waals surface area contributed by atoms with Crippen molar-refractivity contribution in [2.75, 3.05) is 17.1 Å². The molecule has 30 heavy (non-hydrogen) atoms. The molecule has 1 amide bonds. The molecule has 0 spiro atoms. The molecule has 1 aliphatic rings. The topological polar surface area (TPSA) is 66.5 Å². The zero-order valence-electron chi connectivity index (χ0n) is 17.7. The van der Waals surface area contributed by atoms with Crippen LogP contribution in [-0.2, 0) is 22.9 Å². The van der Waals surface area contributed by atoms with E-state index in [4.69, 9.17) is 0 Å². The Morgan fingerprint density at radius 1 is 1.13 bits per heavy atom. The van der Waals surface area contributed by atoms with Crippen LogP contribution in [0.1, 0.15) is 59.3 Å². The molecule has 1 aliphatic carbocycles. The Kier molecular flexibility index (Phi) is 6.98. The third-order valence-corrected chi connectivity index (χ3v) is 6.76. The quantitative estimate of drug-likeness (QED) is 0.636. The number of carbonyl (C=O) groups is 1. The summed E-state index contributed by atoms with van der Waals surface area (Å²) in [6, 6.07) is 13.1. The van der Waals surface area contributed by atoms with E-state index < -0.39 is 10.0 Å². The standard InChI is InChI=1S/C24H30N2O3S/c1-4-16-26(30(3,28)29)22-14-12-19(13-15-22)24(27)25-23(5-2)21-11-10-18-8-6-7-9-20(18)17-21/h4,10-15,17,23H,1,5-9,16H2,2-3H3,(H,25,27)/t23-/m0/s1. The highest BCUT2D eigenvalue weighted by Gasteiger charge is 2.19. The molecule has 3 rings (SSSR count). The van der Waals surface area contributed by atoms with Gasteiger partial charge in [0.1, 0.15) is 0 Å². The lowest BCUT2D eigenvalue weighted by Crippen LogP contribution is -2.30. The minimum Gasteiger partial charge on any atom is -0.345 e. The van der Waals surface area contributed by atoms with E-state index in [-0.39, 0.29) is 18.5 Å². The molecule has 1 atom stereocenters. The van der Waals surface area contributed by atoms with Crippen LogP contribution in [0.25, 0.3) is 0 Å². The molecule has 1 N–H and O–H groups in total. The fourth-order valence-corrected chi connectivity index (χ4v) is 4.84. The Morgan fingerprint density at radius 3 is 2.40 bits per heavy atom. The van der Waals surface area contributed by atoms with Gasteiger partial charge in [-0.2, -0.15) is 0 Å². The molecule has 6 heteroatoms. The van der Waals surface area contributed by atoms with Crippen LogP contribution in [0.3, 0.4) is 0 Å². The molecular weight excluding hydrogens is 396 g/mol. The number of carbonyl (C=O) groups excluding carboxylic acids is 1. The smallest absolute Gasteiger partial charge is 0.251 e. The molecule has 0 unspecified atom stereocenters. The number of rotatable bonds is 8. The predicted octanol–water partition coefficient (Wildman–Crippen LogP) is 4.40. The Bertz CT molecular complexity index is 1010. The van der Waals surface area contributed by atoms with Gasteiger partial charge < -0.3 is 5.32 Å². The highest BCUT2D eigenvalue weighted by molar-refractivity contribution is 7.92. The first kappa shape index (κ1) is 22.1.